The minimum atomic E-state index is -0.485. The summed E-state index contributed by atoms with van der Waals surface area (Å²) in [4.78, 5) is 12.9. The summed E-state index contributed by atoms with van der Waals surface area (Å²) in [5, 5.41) is 8.68. The van der Waals surface area contributed by atoms with E-state index in [0.29, 0.717) is 27.3 Å². The van der Waals surface area contributed by atoms with Crippen molar-refractivity contribution in [3.8, 4) is 5.75 Å². The number of esters is 1. The van der Waals surface area contributed by atoms with Gasteiger partial charge in [0.1, 0.15) is 10.6 Å². The van der Waals surface area contributed by atoms with Crippen LogP contribution in [-0.4, -0.2) is 23.8 Å². The van der Waals surface area contributed by atoms with E-state index >= 15 is 0 Å². The Morgan fingerprint density at radius 1 is 1.30 bits per heavy atom. The van der Waals surface area contributed by atoms with Gasteiger partial charge in [0.05, 0.1) is 11.2 Å². The fourth-order valence-electron chi connectivity index (χ4n) is 2.32. The Morgan fingerprint density at radius 3 is 2.89 bits per heavy atom. The predicted molar refractivity (Wildman–Crippen MR) is 115 cm³/mol. The van der Waals surface area contributed by atoms with Crippen molar-refractivity contribution in [1.82, 2.24) is 10.7 Å². The summed E-state index contributed by atoms with van der Waals surface area (Å²) in [6.07, 6.45) is 1.59. The number of hydrogen-bond donors (Lipinski definition) is 2. The van der Waals surface area contributed by atoms with Crippen LogP contribution >= 0.6 is 35.2 Å². The molecule has 5 nitrogen and oxygen atoms in total. The van der Waals surface area contributed by atoms with E-state index in [0.717, 1.165) is 15.6 Å². The van der Waals surface area contributed by atoms with Gasteiger partial charge in [-0.2, -0.15) is 5.10 Å². The van der Waals surface area contributed by atoms with Gasteiger partial charge in [0, 0.05) is 16.6 Å². The summed E-state index contributed by atoms with van der Waals surface area (Å²) in [7, 11) is 0. The first-order chi connectivity index (χ1) is 13.1. The zero-order chi connectivity index (χ0) is 19.2. The standard InChI is InChI=1S/C19H16ClN3O2S2/c1-2-21-19(26)23-22-11-12-6-5-7-13(10-12)25-18(24)17-16(20)14-8-3-4-9-15(14)27-17/h3-11H,2H2,1H3,(H2,21,23,26)/b22-11+. The monoisotopic (exact) mass is 417 g/mol. The average molecular weight is 418 g/mol. The van der Waals surface area contributed by atoms with E-state index in [1.54, 1.807) is 24.4 Å². The number of carbonyl (C=O) groups is 1. The largest absolute Gasteiger partial charge is 0.422 e. The summed E-state index contributed by atoms with van der Waals surface area (Å²) in [5.74, 6) is -0.0755. The summed E-state index contributed by atoms with van der Waals surface area (Å²) >= 11 is 12.7. The highest BCUT2D eigenvalue weighted by molar-refractivity contribution is 7.80. The molecule has 2 aromatic carbocycles. The lowest BCUT2D eigenvalue weighted by Gasteiger charge is -2.05. The number of nitrogens with one attached hydrogen (secondary N) is 2. The van der Waals surface area contributed by atoms with Crippen LogP contribution in [0, 0.1) is 0 Å². The Hall–Kier alpha value is -2.48. The van der Waals surface area contributed by atoms with Crippen LogP contribution in [0.4, 0.5) is 0 Å². The van der Waals surface area contributed by atoms with Crippen molar-refractivity contribution in [3.63, 3.8) is 0 Å². The highest BCUT2D eigenvalue weighted by atomic mass is 35.5. The quantitative estimate of drug-likeness (QED) is 0.209. The molecule has 0 saturated carbocycles. The summed E-state index contributed by atoms with van der Waals surface area (Å²) in [5.41, 5.74) is 3.47. The second kappa shape index (κ2) is 8.94. The van der Waals surface area contributed by atoms with Gasteiger partial charge in [-0.05, 0) is 42.9 Å². The van der Waals surface area contributed by atoms with Gasteiger partial charge in [0.2, 0.25) is 0 Å². The molecule has 0 atom stereocenters. The zero-order valence-corrected chi connectivity index (χ0v) is 16.8. The van der Waals surface area contributed by atoms with Gasteiger partial charge >= 0.3 is 5.97 Å². The van der Waals surface area contributed by atoms with Gasteiger partial charge < -0.3 is 10.1 Å². The maximum Gasteiger partial charge on any atom is 0.355 e. The smallest absolute Gasteiger partial charge is 0.355 e. The van der Waals surface area contributed by atoms with Gasteiger partial charge in [-0.25, -0.2) is 4.79 Å². The van der Waals surface area contributed by atoms with Crippen LogP contribution in [0.25, 0.3) is 10.1 Å². The molecule has 1 aromatic heterocycles. The number of thiophene rings is 1. The van der Waals surface area contributed by atoms with Gasteiger partial charge in [0.15, 0.2) is 5.11 Å². The average Bonchev–Trinajstić information content (AvgIpc) is 3.00. The molecule has 0 spiro atoms. The second-order valence-corrected chi connectivity index (χ2v) is 7.27. The molecule has 27 heavy (non-hydrogen) atoms. The molecule has 0 radical (unpaired) electrons. The Labute approximate surface area is 171 Å². The van der Waals surface area contributed by atoms with E-state index in [4.69, 9.17) is 28.6 Å². The molecule has 2 N–H and O–H groups in total. The number of hydrazone groups is 1. The first kappa shape index (κ1) is 19.3. The fraction of sp³-hybridized carbons (Fsp3) is 0.105. The lowest BCUT2D eigenvalue weighted by molar-refractivity contribution is 0.0740. The number of benzene rings is 2. The summed E-state index contributed by atoms with van der Waals surface area (Å²) < 4.78 is 6.43. The maximum absolute atomic E-state index is 12.5. The van der Waals surface area contributed by atoms with Crippen LogP contribution in [0.15, 0.2) is 53.6 Å². The minimum Gasteiger partial charge on any atom is -0.422 e. The van der Waals surface area contributed by atoms with E-state index in [1.807, 2.05) is 37.3 Å². The molecule has 0 unspecified atom stereocenters. The van der Waals surface area contributed by atoms with Crippen LogP contribution < -0.4 is 15.5 Å². The van der Waals surface area contributed by atoms with Crippen molar-refractivity contribution >= 4 is 62.5 Å². The van der Waals surface area contributed by atoms with Crippen molar-refractivity contribution in [2.45, 2.75) is 6.92 Å². The lowest BCUT2D eigenvalue weighted by atomic mass is 10.2. The van der Waals surface area contributed by atoms with Crippen LogP contribution in [0.5, 0.6) is 5.75 Å². The molecule has 3 aromatic rings. The fourth-order valence-corrected chi connectivity index (χ4v) is 3.90. The molecule has 0 amide bonds. The van der Waals surface area contributed by atoms with Crippen molar-refractivity contribution in [3.05, 3.63) is 64.0 Å². The molecule has 1 heterocycles. The molecule has 0 bridgehead atoms. The highest BCUT2D eigenvalue weighted by Gasteiger charge is 2.18. The van der Waals surface area contributed by atoms with Crippen LogP contribution in [0.2, 0.25) is 5.02 Å². The normalized spacial score (nSPS) is 10.9. The van der Waals surface area contributed by atoms with E-state index in [-0.39, 0.29) is 0 Å². The number of hydrogen-bond acceptors (Lipinski definition) is 5. The molecule has 0 fully saturated rings. The first-order valence-corrected chi connectivity index (χ1v) is 9.75. The Morgan fingerprint density at radius 2 is 2.11 bits per heavy atom. The molecule has 0 aliphatic heterocycles. The van der Waals surface area contributed by atoms with E-state index in [9.17, 15) is 4.79 Å². The first-order valence-electron chi connectivity index (χ1n) is 8.14. The van der Waals surface area contributed by atoms with E-state index in [1.165, 1.54) is 11.3 Å². The van der Waals surface area contributed by atoms with Crippen LogP contribution in [0.1, 0.15) is 22.2 Å². The number of rotatable bonds is 5. The van der Waals surface area contributed by atoms with Gasteiger partial charge in [-0.1, -0.05) is 41.9 Å². The summed E-state index contributed by atoms with van der Waals surface area (Å²) in [6.45, 7) is 2.66. The van der Waals surface area contributed by atoms with Gasteiger partial charge in [-0.15, -0.1) is 11.3 Å². The van der Waals surface area contributed by atoms with Crippen molar-refractivity contribution in [2.75, 3.05) is 6.54 Å². The third-order valence-corrected chi connectivity index (χ3v) is 5.40. The zero-order valence-electron chi connectivity index (χ0n) is 14.4. The minimum absolute atomic E-state index is 0.384. The molecular formula is C19H16ClN3O2S2. The van der Waals surface area contributed by atoms with Crippen LogP contribution in [-0.2, 0) is 0 Å². The third kappa shape index (κ3) is 4.82. The molecule has 138 valence electrons. The summed E-state index contributed by atoms with van der Waals surface area (Å²) in [6, 6.07) is 14.6. The Bertz CT molecular complexity index is 1020. The van der Waals surface area contributed by atoms with Gasteiger partial charge in [-0.3, -0.25) is 5.43 Å². The number of nitrogens with zero attached hydrogens (tertiary/aromatic N) is 1. The number of halogens is 1. The molecule has 0 aliphatic carbocycles. The van der Waals surface area contributed by atoms with Crippen molar-refractivity contribution in [2.24, 2.45) is 5.10 Å². The van der Waals surface area contributed by atoms with Crippen LogP contribution in [0.3, 0.4) is 0 Å². The second-order valence-electron chi connectivity index (χ2n) is 5.43. The predicted octanol–water partition coefficient (Wildman–Crippen LogP) is 4.59. The number of carbonyl (C=O) groups excluding carboxylic acids is 1. The number of fused-ring (bicyclic) bond motifs is 1. The SMILES string of the molecule is CCNC(=S)N/N=C/c1cccc(OC(=O)c2sc3ccccc3c2Cl)c1. The number of thiocarbonyl (C=S) groups is 1. The van der Waals surface area contributed by atoms with E-state index in [2.05, 4.69) is 15.8 Å². The topological polar surface area (TPSA) is 62.7 Å². The molecular weight excluding hydrogens is 402 g/mol. The maximum atomic E-state index is 12.5. The molecule has 8 heteroatoms. The Kier molecular flexibility index (Phi) is 6.39. The lowest BCUT2D eigenvalue weighted by Crippen LogP contribution is -2.31. The van der Waals surface area contributed by atoms with E-state index < -0.39 is 5.97 Å². The third-order valence-electron chi connectivity index (χ3n) is 3.51. The molecule has 0 aliphatic rings. The Balaban J connectivity index is 1.71. The molecule has 0 saturated heterocycles. The van der Waals surface area contributed by atoms with Crippen molar-refractivity contribution in [1.29, 1.82) is 0 Å². The number of ether oxygens (including phenoxy) is 1. The van der Waals surface area contributed by atoms with Gasteiger partial charge in [0.25, 0.3) is 0 Å². The highest BCUT2D eigenvalue weighted by Crippen LogP contribution is 2.35. The molecule has 3 rings (SSSR count). The van der Waals surface area contributed by atoms with Crippen molar-refractivity contribution < 1.29 is 9.53 Å².